The molecule has 0 unspecified atom stereocenters. The van der Waals surface area contributed by atoms with E-state index < -0.39 is 0 Å². The van der Waals surface area contributed by atoms with Gasteiger partial charge in [0.15, 0.2) is 0 Å². The highest BCUT2D eigenvalue weighted by Gasteiger charge is 2.10. The summed E-state index contributed by atoms with van der Waals surface area (Å²) in [6.07, 6.45) is 3.57. The Hall–Kier alpha value is -2.50. The van der Waals surface area contributed by atoms with Crippen LogP contribution in [0.25, 0.3) is 0 Å². The number of hydrogen-bond donors (Lipinski definition) is 1. The molecule has 2 rings (SSSR count). The van der Waals surface area contributed by atoms with Crippen LogP contribution in [0.5, 0.6) is 11.5 Å². The van der Waals surface area contributed by atoms with E-state index in [1.807, 2.05) is 13.2 Å². The Morgan fingerprint density at radius 1 is 1.25 bits per heavy atom. The first kappa shape index (κ1) is 13.9. The first-order valence-electron chi connectivity index (χ1n) is 6.11. The van der Waals surface area contributed by atoms with Crippen molar-refractivity contribution in [3.05, 3.63) is 41.7 Å². The third-order valence-electron chi connectivity index (χ3n) is 2.83. The molecule has 0 aliphatic heterocycles. The molecule has 2 aromatic rings. The molecule has 1 heterocycles. The van der Waals surface area contributed by atoms with Gasteiger partial charge in [-0.05, 0) is 12.1 Å². The fraction of sp³-hybridized carbons (Fsp3) is 0.286. The number of nitrogens with zero attached hydrogens (tertiary/aromatic N) is 2. The summed E-state index contributed by atoms with van der Waals surface area (Å²) in [5.41, 5.74) is 1.43. The number of carbonyl (C=O) groups excluding carboxylic acids is 1. The number of nitrogens with one attached hydrogen (secondary N) is 1. The standard InChI is InChI=1S/C14H17N3O3/c1-17-9-10(8-16-17)7-15-14(18)11-4-12(19-2)6-13(5-11)20-3/h4-6,8-9H,7H2,1-3H3,(H,15,18). The predicted octanol–water partition coefficient (Wildman–Crippen LogP) is 1.37. The van der Waals surface area contributed by atoms with E-state index in [-0.39, 0.29) is 5.91 Å². The molecule has 0 radical (unpaired) electrons. The van der Waals surface area contributed by atoms with Crippen molar-refractivity contribution < 1.29 is 14.3 Å². The van der Waals surface area contributed by atoms with Gasteiger partial charge in [0, 0.05) is 37.0 Å². The van der Waals surface area contributed by atoms with Gasteiger partial charge >= 0.3 is 0 Å². The van der Waals surface area contributed by atoms with Gasteiger partial charge in [-0.15, -0.1) is 0 Å². The van der Waals surface area contributed by atoms with Gasteiger partial charge in [0.1, 0.15) is 11.5 Å². The lowest BCUT2D eigenvalue weighted by Crippen LogP contribution is -2.22. The van der Waals surface area contributed by atoms with Gasteiger partial charge in [0.2, 0.25) is 0 Å². The van der Waals surface area contributed by atoms with Crippen LogP contribution >= 0.6 is 0 Å². The first-order chi connectivity index (χ1) is 9.62. The van der Waals surface area contributed by atoms with Gasteiger partial charge in [0.05, 0.1) is 20.4 Å². The minimum Gasteiger partial charge on any atom is -0.497 e. The lowest BCUT2D eigenvalue weighted by atomic mass is 10.2. The molecule has 0 saturated heterocycles. The lowest BCUT2D eigenvalue weighted by Gasteiger charge is -2.08. The molecule has 106 valence electrons. The van der Waals surface area contributed by atoms with Gasteiger partial charge in [-0.3, -0.25) is 9.48 Å². The molecule has 0 aliphatic rings. The number of aryl methyl sites for hydroxylation is 1. The van der Waals surface area contributed by atoms with E-state index in [1.54, 1.807) is 43.3 Å². The van der Waals surface area contributed by atoms with Crippen LogP contribution in [0.1, 0.15) is 15.9 Å². The maximum absolute atomic E-state index is 12.1. The number of aromatic nitrogens is 2. The Kier molecular flexibility index (Phi) is 4.24. The molecule has 6 heteroatoms. The number of methoxy groups -OCH3 is 2. The quantitative estimate of drug-likeness (QED) is 0.895. The fourth-order valence-electron chi connectivity index (χ4n) is 1.79. The van der Waals surface area contributed by atoms with Crippen molar-refractivity contribution in [2.24, 2.45) is 7.05 Å². The zero-order valence-corrected chi connectivity index (χ0v) is 11.7. The Morgan fingerprint density at radius 2 is 1.90 bits per heavy atom. The summed E-state index contributed by atoms with van der Waals surface area (Å²) in [5, 5.41) is 6.88. The Balaban J connectivity index is 2.08. The maximum atomic E-state index is 12.1. The molecule has 0 fully saturated rings. The molecule has 0 aliphatic carbocycles. The Morgan fingerprint density at radius 3 is 2.40 bits per heavy atom. The third kappa shape index (κ3) is 3.28. The number of hydrogen-bond acceptors (Lipinski definition) is 4. The molecular formula is C14H17N3O3. The Bertz CT molecular complexity index is 585. The molecule has 1 aromatic heterocycles. The lowest BCUT2D eigenvalue weighted by molar-refractivity contribution is 0.0950. The number of benzene rings is 1. The highest BCUT2D eigenvalue weighted by atomic mass is 16.5. The van der Waals surface area contributed by atoms with Crippen molar-refractivity contribution in [1.29, 1.82) is 0 Å². The highest BCUT2D eigenvalue weighted by Crippen LogP contribution is 2.22. The molecule has 20 heavy (non-hydrogen) atoms. The monoisotopic (exact) mass is 275 g/mol. The number of rotatable bonds is 5. The second-order valence-electron chi connectivity index (χ2n) is 4.31. The largest absolute Gasteiger partial charge is 0.497 e. The van der Waals surface area contributed by atoms with Gasteiger partial charge < -0.3 is 14.8 Å². The minimum atomic E-state index is -0.189. The van der Waals surface area contributed by atoms with Crippen LogP contribution in [0, 0.1) is 0 Å². The summed E-state index contributed by atoms with van der Waals surface area (Å²) in [7, 11) is 4.93. The van der Waals surface area contributed by atoms with Crippen molar-refractivity contribution >= 4 is 5.91 Å². The molecule has 0 spiro atoms. The van der Waals surface area contributed by atoms with E-state index in [0.29, 0.717) is 23.6 Å². The minimum absolute atomic E-state index is 0.189. The molecule has 1 aromatic carbocycles. The van der Waals surface area contributed by atoms with Gasteiger partial charge in [-0.25, -0.2) is 0 Å². The van der Waals surface area contributed by atoms with Gasteiger partial charge in [-0.2, -0.15) is 5.10 Å². The molecule has 6 nitrogen and oxygen atoms in total. The van der Waals surface area contributed by atoms with Crippen LogP contribution in [0.4, 0.5) is 0 Å². The molecule has 1 N–H and O–H groups in total. The number of carbonyl (C=O) groups is 1. The normalized spacial score (nSPS) is 10.2. The smallest absolute Gasteiger partial charge is 0.251 e. The van der Waals surface area contributed by atoms with Crippen LogP contribution in [-0.2, 0) is 13.6 Å². The summed E-state index contributed by atoms with van der Waals surface area (Å²) >= 11 is 0. The van der Waals surface area contributed by atoms with E-state index in [2.05, 4.69) is 10.4 Å². The third-order valence-corrected chi connectivity index (χ3v) is 2.83. The SMILES string of the molecule is COc1cc(OC)cc(C(=O)NCc2cnn(C)c2)c1. The second kappa shape index (κ2) is 6.10. The van der Waals surface area contributed by atoms with Crippen LogP contribution in [0.15, 0.2) is 30.6 Å². The van der Waals surface area contributed by atoms with Crippen LogP contribution in [0.2, 0.25) is 0 Å². The predicted molar refractivity (Wildman–Crippen MR) is 73.9 cm³/mol. The van der Waals surface area contributed by atoms with E-state index in [0.717, 1.165) is 5.56 Å². The zero-order valence-electron chi connectivity index (χ0n) is 11.7. The number of amides is 1. The molecule has 0 saturated carbocycles. The molecular weight excluding hydrogens is 258 g/mol. The van der Waals surface area contributed by atoms with Crippen molar-refractivity contribution in [2.45, 2.75) is 6.54 Å². The average molecular weight is 275 g/mol. The summed E-state index contributed by atoms with van der Waals surface area (Å²) in [6.45, 7) is 0.423. The van der Waals surface area contributed by atoms with E-state index in [1.165, 1.54) is 0 Å². The van der Waals surface area contributed by atoms with E-state index in [4.69, 9.17) is 9.47 Å². The first-order valence-corrected chi connectivity index (χ1v) is 6.11. The maximum Gasteiger partial charge on any atom is 0.251 e. The summed E-state index contributed by atoms with van der Waals surface area (Å²) in [5.74, 6) is 0.970. The van der Waals surface area contributed by atoms with E-state index >= 15 is 0 Å². The molecule has 0 bridgehead atoms. The fourth-order valence-corrected chi connectivity index (χ4v) is 1.79. The summed E-state index contributed by atoms with van der Waals surface area (Å²) in [4.78, 5) is 12.1. The van der Waals surface area contributed by atoms with Gasteiger partial charge in [-0.1, -0.05) is 0 Å². The molecule has 1 amide bonds. The van der Waals surface area contributed by atoms with Crippen molar-refractivity contribution in [3.63, 3.8) is 0 Å². The topological polar surface area (TPSA) is 65.4 Å². The van der Waals surface area contributed by atoms with Crippen molar-refractivity contribution in [3.8, 4) is 11.5 Å². The second-order valence-corrected chi connectivity index (χ2v) is 4.31. The van der Waals surface area contributed by atoms with Crippen LogP contribution in [0.3, 0.4) is 0 Å². The zero-order chi connectivity index (χ0) is 14.5. The summed E-state index contributed by atoms with van der Waals surface area (Å²) in [6, 6.07) is 5.06. The van der Waals surface area contributed by atoms with Crippen LogP contribution < -0.4 is 14.8 Å². The van der Waals surface area contributed by atoms with Crippen molar-refractivity contribution in [2.75, 3.05) is 14.2 Å². The Labute approximate surface area is 117 Å². The highest BCUT2D eigenvalue weighted by molar-refractivity contribution is 5.95. The average Bonchev–Trinajstić information content (AvgIpc) is 2.89. The number of ether oxygens (including phenoxy) is 2. The van der Waals surface area contributed by atoms with Crippen molar-refractivity contribution in [1.82, 2.24) is 15.1 Å². The molecule has 0 atom stereocenters. The summed E-state index contributed by atoms with van der Waals surface area (Å²) < 4.78 is 12.0. The van der Waals surface area contributed by atoms with Gasteiger partial charge in [0.25, 0.3) is 5.91 Å². The van der Waals surface area contributed by atoms with E-state index in [9.17, 15) is 4.79 Å². The van der Waals surface area contributed by atoms with Crippen LogP contribution in [-0.4, -0.2) is 29.9 Å².